The molecule has 0 heterocycles. The van der Waals surface area contributed by atoms with E-state index in [9.17, 15) is 31.2 Å². The summed E-state index contributed by atoms with van der Waals surface area (Å²) < 4.78 is 68.9. The molecule has 7 nitrogen and oxygen atoms in total. The normalized spacial score (nSPS) is 12.6. The van der Waals surface area contributed by atoms with E-state index in [0.29, 0.717) is 21.0 Å². The first-order chi connectivity index (χ1) is 19.6. The van der Waals surface area contributed by atoms with Gasteiger partial charge in [0, 0.05) is 22.6 Å². The largest absolute Gasteiger partial charge is 0.416 e. The van der Waals surface area contributed by atoms with Gasteiger partial charge in [-0.1, -0.05) is 60.5 Å². The molecule has 0 radical (unpaired) electrons. The Balaban J connectivity index is 2.13. The number of hydrogen-bond donors (Lipinski definition) is 1. The van der Waals surface area contributed by atoms with Gasteiger partial charge < -0.3 is 10.2 Å². The fourth-order valence-electron chi connectivity index (χ4n) is 4.22. The van der Waals surface area contributed by atoms with E-state index in [2.05, 4.69) is 5.32 Å². The van der Waals surface area contributed by atoms with Crippen molar-refractivity contribution in [3.05, 3.63) is 94.0 Å². The Morgan fingerprint density at radius 2 is 1.62 bits per heavy atom. The predicted molar refractivity (Wildman–Crippen MR) is 157 cm³/mol. The van der Waals surface area contributed by atoms with Gasteiger partial charge >= 0.3 is 6.18 Å². The second kappa shape index (κ2) is 13.8. The van der Waals surface area contributed by atoms with Crippen LogP contribution in [0.15, 0.2) is 77.7 Å². The van der Waals surface area contributed by atoms with E-state index in [-0.39, 0.29) is 34.6 Å². The lowest BCUT2D eigenvalue weighted by molar-refractivity contribution is -0.140. The van der Waals surface area contributed by atoms with Gasteiger partial charge in [0.1, 0.15) is 12.6 Å². The maximum atomic E-state index is 14.0. The zero-order valence-corrected chi connectivity index (χ0v) is 25.4. The summed E-state index contributed by atoms with van der Waals surface area (Å²) >= 11 is 12.4. The van der Waals surface area contributed by atoms with Crippen LogP contribution in [0.1, 0.15) is 38.3 Å². The minimum atomic E-state index is -4.76. The Morgan fingerprint density at radius 1 is 0.952 bits per heavy atom. The Hall–Kier alpha value is -3.28. The molecule has 0 saturated heterocycles. The standard InChI is InChI=1S/C29H30Cl2F3N3O4S/c1-4-26(28(39)35-19(2)3)36(17-20-13-14-22(30)16-25(20)31)27(38)18-37(42(40,41)24-11-6-5-7-12-24)23-10-8-9-21(15-23)29(32,33)34/h5-16,19,26H,4,17-18H2,1-3H3,(H,35,39)/t26-/m0/s1. The molecule has 42 heavy (non-hydrogen) atoms. The van der Waals surface area contributed by atoms with Crippen molar-refractivity contribution in [1.29, 1.82) is 0 Å². The van der Waals surface area contributed by atoms with Crippen LogP contribution in [-0.2, 0) is 32.3 Å². The van der Waals surface area contributed by atoms with Crippen molar-refractivity contribution in [1.82, 2.24) is 10.2 Å². The molecule has 0 spiro atoms. The van der Waals surface area contributed by atoms with Crippen LogP contribution in [0.5, 0.6) is 0 Å². The third-order valence-corrected chi connectivity index (χ3v) is 8.62. The van der Waals surface area contributed by atoms with Crippen molar-refractivity contribution in [3.8, 4) is 0 Å². The summed E-state index contributed by atoms with van der Waals surface area (Å²) in [5.41, 5.74) is -1.03. The summed E-state index contributed by atoms with van der Waals surface area (Å²) in [4.78, 5) is 28.1. The van der Waals surface area contributed by atoms with Gasteiger partial charge in [-0.05, 0) is 68.3 Å². The topological polar surface area (TPSA) is 86.8 Å². The lowest BCUT2D eigenvalue weighted by Gasteiger charge is -2.34. The zero-order valence-electron chi connectivity index (χ0n) is 23.0. The van der Waals surface area contributed by atoms with E-state index in [1.807, 2.05) is 0 Å². The molecule has 1 atom stereocenters. The van der Waals surface area contributed by atoms with Crippen LogP contribution in [0.25, 0.3) is 0 Å². The second-order valence-electron chi connectivity index (χ2n) is 9.72. The summed E-state index contributed by atoms with van der Waals surface area (Å²) in [7, 11) is -4.53. The molecule has 13 heteroatoms. The van der Waals surface area contributed by atoms with E-state index in [0.717, 1.165) is 12.1 Å². The van der Waals surface area contributed by atoms with E-state index < -0.39 is 46.2 Å². The lowest BCUT2D eigenvalue weighted by atomic mass is 10.1. The molecular formula is C29H30Cl2F3N3O4S. The summed E-state index contributed by atoms with van der Waals surface area (Å²) in [6.07, 6.45) is -4.60. The minimum absolute atomic E-state index is 0.157. The van der Waals surface area contributed by atoms with Gasteiger partial charge in [0.2, 0.25) is 11.8 Å². The van der Waals surface area contributed by atoms with Gasteiger partial charge in [0.15, 0.2) is 0 Å². The summed E-state index contributed by atoms with van der Waals surface area (Å²) in [6.45, 7) is 4.08. The highest BCUT2D eigenvalue weighted by Crippen LogP contribution is 2.33. The maximum Gasteiger partial charge on any atom is 0.416 e. The van der Waals surface area contributed by atoms with Crippen LogP contribution in [0.4, 0.5) is 18.9 Å². The zero-order chi connectivity index (χ0) is 31.2. The van der Waals surface area contributed by atoms with Gasteiger partial charge in [-0.2, -0.15) is 13.2 Å². The van der Waals surface area contributed by atoms with Crippen LogP contribution in [-0.4, -0.2) is 43.8 Å². The molecule has 0 fully saturated rings. The minimum Gasteiger partial charge on any atom is -0.352 e. The molecule has 0 aliphatic rings. The van der Waals surface area contributed by atoms with Gasteiger partial charge in [0.05, 0.1) is 16.1 Å². The van der Waals surface area contributed by atoms with Crippen molar-refractivity contribution in [2.45, 2.75) is 56.9 Å². The van der Waals surface area contributed by atoms with Crippen LogP contribution < -0.4 is 9.62 Å². The third kappa shape index (κ3) is 8.17. The summed E-state index contributed by atoms with van der Waals surface area (Å²) in [5, 5.41) is 3.32. The van der Waals surface area contributed by atoms with E-state index >= 15 is 0 Å². The van der Waals surface area contributed by atoms with Crippen molar-refractivity contribution < 1.29 is 31.2 Å². The van der Waals surface area contributed by atoms with E-state index in [1.165, 1.54) is 41.3 Å². The first kappa shape index (κ1) is 33.2. The Bertz CT molecular complexity index is 1520. The predicted octanol–water partition coefficient (Wildman–Crippen LogP) is 6.54. The number of benzene rings is 3. The molecule has 0 unspecified atom stereocenters. The quantitative estimate of drug-likeness (QED) is 0.257. The number of alkyl halides is 3. The molecule has 226 valence electrons. The van der Waals surface area contributed by atoms with Gasteiger partial charge in [0.25, 0.3) is 10.0 Å². The van der Waals surface area contributed by atoms with Crippen LogP contribution in [0, 0.1) is 0 Å². The molecule has 0 bridgehead atoms. The fraction of sp³-hybridized carbons (Fsp3) is 0.310. The number of hydrogen-bond acceptors (Lipinski definition) is 4. The number of rotatable bonds is 11. The Morgan fingerprint density at radius 3 is 2.19 bits per heavy atom. The number of halogens is 5. The Kier molecular flexibility index (Phi) is 10.9. The first-order valence-electron chi connectivity index (χ1n) is 12.9. The molecule has 3 rings (SSSR count). The van der Waals surface area contributed by atoms with Gasteiger partial charge in [-0.3, -0.25) is 13.9 Å². The molecule has 1 N–H and O–H groups in total. The number of carbonyl (C=O) groups excluding carboxylic acids is 2. The molecule has 0 saturated carbocycles. The van der Waals surface area contributed by atoms with E-state index in [1.54, 1.807) is 39.0 Å². The second-order valence-corrected chi connectivity index (χ2v) is 12.4. The van der Waals surface area contributed by atoms with Gasteiger partial charge in [-0.15, -0.1) is 0 Å². The fourth-order valence-corrected chi connectivity index (χ4v) is 6.11. The molecule has 0 aromatic heterocycles. The SMILES string of the molecule is CC[C@@H](C(=O)NC(C)C)N(Cc1ccc(Cl)cc1Cl)C(=O)CN(c1cccc(C(F)(F)F)c1)S(=O)(=O)c1ccccc1. The van der Waals surface area contributed by atoms with Crippen LogP contribution >= 0.6 is 23.2 Å². The van der Waals surface area contributed by atoms with Crippen molar-refractivity contribution in [2.75, 3.05) is 10.8 Å². The number of amides is 2. The van der Waals surface area contributed by atoms with E-state index in [4.69, 9.17) is 23.2 Å². The average Bonchev–Trinajstić information content (AvgIpc) is 2.92. The number of anilines is 1. The Labute approximate surface area is 253 Å². The van der Waals surface area contributed by atoms with Gasteiger partial charge in [-0.25, -0.2) is 8.42 Å². The third-order valence-electron chi connectivity index (χ3n) is 6.24. The number of carbonyl (C=O) groups is 2. The number of nitrogens with one attached hydrogen (secondary N) is 1. The molecule has 0 aliphatic carbocycles. The highest BCUT2D eigenvalue weighted by atomic mass is 35.5. The first-order valence-corrected chi connectivity index (χ1v) is 15.1. The monoisotopic (exact) mass is 643 g/mol. The average molecular weight is 645 g/mol. The molecule has 2 amide bonds. The summed E-state index contributed by atoms with van der Waals surface area (Å²) in [6, 6.07) is 14.0. The highest BCUT2D eigenvalue weighted by Gasteiger charge is 2.36. The maximum absolute atomic E-state index is 14.0. The van der Waals surface area contributed by atoms with Crippen LogP contribution in [0.2, 0.25) is 10.0 Å². The summed E-state index contributed by atoms with van der Waals surface area (Å²) in [5.74, 6) is -1.31. The van der Waals surface area contributed by atoms with Crippen molar-refractivity contribution in [2.24, 2.45) is 0 Å². The van der Waals surface area contributed by atoms with Crippen molar-refractivity contribution >= 4 is 50.7 Å². The molecule has 0 aliphatic heterocycles. The molecule has 3 aromatic carbocycles. The number of sulfonamides is 1. The van der Waals surface area contributed by atoms with Crippen molar-refractivity contribution in [3.63, 3.8) is 0 Å². The van der Waals surface area contributed by atoms with Crippen LogP contribution in [0.3, 0.4) is 0 Å². The lowest BCUT2D eigenvalue weighted by Crippen LogP contribution is -2.53. The highest BCUT2D eigenvalue weighted by molar-refractivity contribution is 7.92. The molecule has 3 aromatic rings. The molecular weight excluding hydrogens is 614 g/mol. The number of nitrogens with zero attached hydrogens (tertiary/aromatic N) is 2. The smallest absolute Gasteiger partial charge is 0.352 e.